The number of aromatic nitrogens is 2. The molecule has 0 spiro atoms. The number of nitrogen functional groups attached to an aromatic ring is 1. The summed E-state index contributed by atoms with van der Waals surface area (Å²) in [6.45, 7) is 9.59. The second-order valence-electron chi connectivity index (χ2n) is 6.48. The molecule has 0 saturated heterocycles. The lowest BCUT2D eigenvalue weighted by molar-refractivity contribution is -0.144. The van der Waals surface area contributed by atoms with Crippen molar-refractivity contribution >= 4 is 23.6 Å². The summed E-state index contributed by atoms with van der Waals surface area (Å²) in [5, 5.41) is 11.8. The standard InChI is InChI=1S/C14H18N2O4.C7H10N2/c1-4-20-13(17)7-11(14(18)19)8-15-12-6-9(2)5-10(3)16-12;1-5-3-6(2)9-7(8)4-5/h5-6,8H,4,7H2,1-3H3,(H,15,16)(H,18,19);3-4H,1-2H3,(H2,8,9)/b11-8-;. The highest BCUT2D eigenvalue weighted by atomic mass is 16.5. The molecule has 8 heteroatoms. The SMILES string of the molecule is CCOC(=O)C/C(=C/Nc1cc(C)cc(C)n1)C(=O)O.Cc1cc(C)nc(N)c1. The van der Waals surface area contributed by atoms with Gasteiger partial charge in [-0.2, -0.15) is 0 Å². The Hall–Kier alpha value is -3.42. The van der Waals surface area contributed by atoms with Gasteiger partial charge in [0.05, 0.1) is 18.6 Å². The van der Waals surface area contributed by atoms with E-state index in [1.807, 2.05) is 45.9 Å². The van der Waals surface area contributed by atoms with Crippen LogP contribution in [0, 0.1) is 27.7 Å². The number of rotatable bonds is 6. The average Bonchev–Trinajstić information content (AvgIpc) is 2.57. The molecular formula is C21H28N4O4. The fraction of sp³-hybridized carbons (Fsp3) is 0.333. The van der Waals surface area contributed by atoms with E-state index in [2.05, 4.69) is 15.3 Å². The van der Waals surface area contributed by atoms with E-state index < -0.39 is 11.9 Å². The van der Waals surface area contributed by atoms with Gasteiger partial charge in [0.25, 0.3) is 0 Å². The fourth-order valence-corrected chi connectivity index (χ4v) is 2.50. The zero-order valence-corrected chi connectivity index (χ0v) is 17.4. The molecule has 0 fully saturated rings. The van der Waals surface area contributed by atoms with Gasteiger partial charge in [-0.25, -0.2) is 14.8 Å². The third kappa shape index (κ3) is 9.37. The fourth-order valence-electron chi connectivity index (χ4n) is 2.50. The van der Waals surface area contributed by atoms with Crippen molar-refractivity contribution in [3.05, 3.63) is 58.6 Å². The number of aliphatic carboxylic acids is 1. The van der Waals surface area contributed by atoms with E-state index in [4.69, 9.17) is 15.6 Å². The number of carboxylic acid groups (broad SMARTS) is 1. The first-order valence-electron chi connectivity index (χ1n) is 9.11. The first-order valence-corrected chi connectivity index (χ1v) is 9.11. The lowest BCUT2D eigenvalue weighted by atomic mass is 10.2. The molecule has 2 aromatic rings. The number of anilines is 2. The number of hydrogen-bond donors (Lipinski definition) is 3. The monoisotopic (exact) mass is 400 g/mol. The van der Waals surface area contributed by atoms with Crippen LogP contribution in [0.1, 0.15) is 35.9 Å². The van der Waals surface area contributed by atoms with Crippen molar-refractivity contribution in [3.63, 3.8) is 0 Å². The van der Waals surface area contributed by atoms with Crippen molar-refractivity contribution in [2.75, 3.05) is 17.7 Å². The summed E-state index contributed by atoms with van der Waals surface area (Å²) in [5.74, 6) is -0.608. The highest BCUT2D eigenvalue weighted by Gasteiger charge is 2.13. The first-order chi connectivity index (χ1) is 13.6. The highest BCUT2D eigenvalue weighted by Crippen LogP contribution is 2.11. The second-order valence-corrected chi connectivity index (χ2v) is 6.48. The lowest BCUT2D eigenvalue weighted by Gasteiger charge is -2.06. The Labute approximate surface area is 170 Å². The van der Waals surface area contributed by atoms with Gasteiger partial charge in [0.1, 0.15) is 11.6 Å². The normalized spacial score (nSPS) is 10.6. The van der Waals surface area contributed by atoms with Gasteiger partial charge in [-0.05, 0) is 70.0 Å². The van der Waals surface area contributed by atoms with Crippen molar-refractivity contribution in [1.29, 1.82) is 0 Å². The van der Waals surface area contributed by atoms with Gasteiger partial charge < -0.3 is 20.9 Å². The number of ether oxygens (including phenoxy) is 1. The molecule has 0 amide bonds. The third-order valence-electron chi connectivity index (χ3n) is 3.52. The summed E-state index contributed by atoms with van der Waals surface area (Å²) in [4.78, 5) is 30.6. The van der Waals surface area contributed by atoms with Gasteiger partial charge in [-0.3, -0.25) is 4.79 Å². The van der Waals surface area contributed by atoms with Crippen LogP contribution in [-0.4, -0.2) is 33.6 Å². The molecule has 0 aliphatic heterocycles. The van der Waals surface area contributed by atoms with E-state index in [1.54, 1.807) is 13.0 Å². The van der Waals surface area contributed by atoms with Gasteiger partial charge in [0.15, 0.2) is 0 Å². The summed E-state index contributed by atoms with van der Waals surface area (Å²) in [6.07, 6.45) is 0.974. The number of nitrogens with one attached hydrogen (secondary N) is 1. The number of esters is 1. The third-order valence-corrected chi connectivity index (χ3v) is 3.52. The molecular weight excluding hydrogens is 372 g/mol. The van der Waals surface area contributed by atoms with Crippen LogP contribution in [-0.2, 0) is 14.3 Å². The molecule has 0 aliphatic rings. The second kappa shape index (κ2) is 11.4. The van der Waals surface area contributed by atoms with Crippen LogP contribution in [0.15, 0.2) is 36.0 Å². The Kier molecular flexibility index (Phi) is 9.31. The van der Waals surface area contributed by atoms with Gasteiger partial charge in [-0.1, -0.05) is 0 Å². The average molecular weight is 400 g/mol. The maximum atomic E-state index is 11.3. The molecule has 0 saturated carbocycles. The number of pyridine rings is 2. The van der Waals surface area contributed by atoms with Crippen LogP contribution in [0.25, 0.3) is 0 Å². The molecule has 2 heterocycles. The summed E-state index contributed by atoms with van der Waals surface area (Å²) in [7, 11) is 0. The van der Waals surface area contributed by atoms with E-state index >= 15 is 0 Å². The van der Waals surface area contributed by atoms with Crippen LogP contribution in [0.5, 0.6) is 0 Å². The van der Waals surface area contributed by atoms with Gasteiger partial charge >= 0.3 is 11.9 Å². The Morgan fingerprint density at radius 3 is 2.14 bits per heavy atom. The zero-order valence-electron chi connectivity index (χ0n) is 17.4. The molecule has 29 heavy (non-hydrogen) atoms. The van der Waals surface area contributed by atoms with Crippen LogP contribution in [0.4, 0.5) is 11.6 Å². The number of nitrogens with two attached hydrogens (primary N) is 1. The van der Waals surface area contributed by atoms with Crippen molar-refractivity contribution in [2.45, 2.75) is 41.0 Å². The summed E-state index contributed by atoms with van der Waals surface area (Å²) < 4.78 is 4.73. The van der Waals surface area contributed by atoms with Crippen molar-refractivity contribution in [2.24, 2.45) is 0 Å². The number of aryl methyl sites for hydroxylation is 4. The topological polar surface area (TPSA) is 127 Å². The Morgan fingerprint density at radius 1 is 1.07 bits per heavy atom. The minimum Gasteiger partial charge on any atom is -0.478 e. The van der Waals surface area contributed by atoms with Crippen molar-refractivity contribution < 1.29 is 19.4 Å². The predicted molar refractivity (Wildman–Crippen MR) is 112 cm³/mol. The molecule has 4 N–H and O–H groups in total. The maximum Gasteiger partial charge on any atom is 0.333 e. The largest absolute Gasteiger partial charge is 0.478 e. The van der Waals surface area contributed by atoms with E-state index in [0.29, 0.717) is 11.6 Å². The number of carbonyl (C=O) groups excluding carboxylic acids is 1. The Bertz CT molecular complexity index is 824. The molecule has 0 aliphatic carbocycles. The summed E-state index contributed by atoms with van der Waals surface area (Å²) in [6, 6.07) is 7.54. The molecule has 0 aromatic carbocycles. The molecule has 156 valence electrons. The summed E-state index contributed by atoms with van der Waals surface area (Å²) in [5.41, 5.74) is 9.35. The smallest absolute Gasteiger partial charge is 0.333 e. The molecule has 0 atom stereocenters. The minimum atomic E-state index is -1.17. The lowest BCUT2D eigenvalue weighted by Crippen LogP contribution is -2.12. The number of carbonyl (C=O) groups is 2. The maximum absolute atomic E-state index is 11.3. The Balaban J connectivity index is 0.000000387. The summed E-state index contributed by atoms with van der Waals surface area (Å²) >= 11 is 0. The van der Waals surface area contributed by atoms with Crippen molar-refractivity contribution in [3.8, 4) is 0 Å². The number of hydrogen-bond acceptors (Lipinski definition) is 7. The molecule has 2 rings (SSSR count). The van der Waals surface area contributed by atoms with E-state index in [9.17, 15) is 9.59 Å². The van der Waals surface area contributed by atoms with Crippen LogP contribution < -0.4 is 11.1 Å². The quantitative estimate of drug-likeness (QED) is 0.498. The van der Waals surface area contributed by atoms with Gasteiger partial charge in [-0.15, -0.1) is 0 Å². The van der Waals surface area contributed by atoms with Crippen LogP contribution in [0.3, 0.4) is 0 Å². The van der Waals surface area contributed by atoms with Crippen LogP contribution in [0.2, 0.25) is 0 Å². The van der Waals surface area contributed by atoms with E-state index in [1.165, 1.54) is 11.8 Å². The van der Waals surface area contributed by atoms with Gasteiger partial charge in [0.2, 0.25) is 0 Å². The molecule has 8 nitrogen and oxygen atoms in total. The van der Waals surface area contributed by atoms with Crippen molar-refractivity contribution in [1.82, 2.24) is 9.97 Å². The first kappa shape index (κ1) is 23.6. The minimum absolute atomic E-state index is 0.0793. The van der Waals surface area contributed by atoms with Crippen LogP contribution >= 0.6 is 0 Å². The molecule has 0 bridgehead atoms. The van der Waals surface area contributed by atoms with Gasteiger partial charge in [0, 0.05) is 17.6 Å². The highest BCUT2D eigenvalue weighted by molar-refractivity contribution is 5.92. The zero-order chi connectivity index (χ0) is 22.0. The Morgan fingerprint density at radius 2 is 1.66 bits per heavy atom. The van der Waals surface area contributed by atoms with E-state index in [0.717, 1.165) is 17.0 Å². The molecule has 2 aromatic heterocycles. The number of nitrogens with zero attached hydrogens (tertiary/aromatic N) is 2. The molecule has 0 radical (unpaired) electrons. The molecule has 0 unspecified atom stereocenters. The predicted octanol–water partition coefficient (Wildman–Crippen LogP) is 3.31. The van der Waals surface area contributed by atoms with E-state index in [-0.39, 0.29) is 18.6 Å². The number of carboxylic acids is 1.